The number of aromatic nitrogens is 1. The molecule has 5 nitrogen and oxygen atoms in total. The van der Waals surface area contributed by atoms with Crippen LogP contribution in [-0.2, 0) is 20.9 Å². The maximum Gasteiger partial charge on any atom is 0.303 e. The molecular formula is C21H26BrCl2NO4S. The summed E-state index contributed by atoms with van der Waals surface area (Å²) in [6.45, 7) is 1.46. The van der Waals surface area contributed by atoms with Crippen LogP contribution in [0.2, 0.25) is 5.15 Å². The zero-order chi connectivity index (χ0) is 22.1. The fourth-order valence-electron chi connectivity index (χ4n) is 3.43. The van der Waals surface area contributed by atoms with Gasteiger partial charge in [-0.15, -0.1) is 23.4 Å². The van der Waals surface area contributed by atoms with Crippen LogP contribution in [-0.4, -0.2) is 38.0 Å². The molecule has 1 heterocycles. The third-order valence-electron chi connectivity index (χ3n) is 4.94. The molecule has 1 fully saturated rings. The van der Waals surface area contributed by atoms with E-state index in [1.54, 1.807) is 11.8 Å². The molecule has 1 aromatic heterocycles. The number of ether oxygens (including phenoxy) is 1. The number of carboxylic acid groups (broad SMARTS) is 1. The third kappa shape index (κ3) is 8.77. The van der Waals surface area contributed by atoms with Gasteiger partial charge in [-0.1, -0.05) is 39.7 Å². The molecular weight excluding hydrogens is 513 g/mol. The van der Waals surface area contributed by atoms with Gasteiger partial charge in [-0.05, 0) is 49.7 Å². The average Bonchev–Trinajstić information content (AvgIpc) is 2.94. The number of carbonyl (C=O) groups excluding carboxylic acids is 1. The number of aliphatic carboxylic acids is 1. The molecule has 0 bridgehead atoms. The fraction of sp³-hybridized carbons (Fsp3) is 0.571. The Bertz CT molecular complexity index is 765. The normalized spacial score (nSPS) is 23.7. The van der Waals surface area contributed by atoms with E-state index in [1.165, 1.54) is 6.92 Å². The van der Waals surface area contributed by atoms with Gasteiger partial charge in [0.1, 0.15) is 11.8 Å². The maximum absolute atomic E-state index is 11.0. The average molecular weight is 539 g/mol. The number of nitrogens with zero attached hydrogens (tertiary/aromatic N) is 1. The lowest BCUT2D eigenvalue weighted by molar-refractivity contribution is -0.142. The van der Waals surface area contributed by atoms with Gasteiger partial charge in [0, 0.05) is 34.2 Å². The van der Waals surface area contributed by atoms with E-state index in [1.807, 2.05) is 12.1 Å². The van der Waals surface area contributed by atoms with Crippen LogP contribution in [0.25, 0.3) is 0 Å². The Labute approximate surface area is 200 Å². The van der Waals surface area contributed by atoms with E-state index in [2.05, 4.69) is 33.1 Å². The first kappa shape index (κ1) is 25.5. The molecule has 0 aromatic carbocycles. The largest absolute Gasteiger partial charge is 0.481 e. The standard InChI is InChI=1S/C21H26BrCl2NO4S/c1-13(26)29-11-15-9-16(10-19(23)25-15)30-12-17-14(8-18(22)21(17)24)6-4-2-3-5-7-20(27)28/h2,4,9-10,14,17-18,21H,3,5-8,11-12H2,1H3,(H,27,28)/t14-,17+,18?,21?/m0/s1. The van der Waals surface area contributed by atoms with Crippen LogP contribution in [0.4, 0.5) is 0 Å². The molecule has 1 saturated carbocycles. The Morgan fingerprint density at radius 2 is 2.17 bits per heavy atom. The van der Waals surface area contributed by atoms with Crippen LogP contribution >= 0.6 is 50.9 Å². The molecule has 0 spiro atoms. The van der Waals surface area contributed by atoms with E-state index >= 15 is 0 Å². The summed E-state index contributed by atoms with van der Waals surface area (Å²) < 4.78 is 5.01. The molecule has 1 N–H and O–H groups in total. The predicted octanol–water partition coefficient (Wildman–Crippen LogP) is 6.10. The van der Waals surface area contributed by atoms with Crippen LogP contribution < -0.4 is 0 Å². The monoisotopic (exact) mass is 537 g/mol. The molecule has 9 heteroatoms. The van der Waals surface area contributed by atoms with Crippen molar-refractivity contribution in [1.82, 2.24) is 4.98 Å². The molecule has 2 unspecified atom stereocenters. The van der Waals surface area contributed by atoms with Crippen LogP contribution in [0.1, 0.15) is 44.7 Å². The van der Waals surface area contributed by atoms with Gasteiger partial charge in [0.25, 0.3) is 0 Å². The first-order valence-corrected chi connectivity index (χ1v) is 12.6. The molecule has 0 saturated heterocycles. The fourth-order valence-corrected chi connectivity index (χ4v) is 6.38. The molecule has 2 rings (SSSR count). The molecule has 0 amide bonds. The summed E-state index contributed by atoms with van der Waals surface area (Å²) in [6.07, 6.45) is 7.80. The first-order valence-electron chi connectivity index (χ1n) is 9.83. The number of halogens is 3. The van der Waals surface area contributed by atoms with Crippen molar-refractivity contribution in [3.05, 3.63) is 35.1 Å². The number of esters is 1. The molecule has 0 radical (unpaired) electrons. The van der Waals surface area contributed by atoms with Crippen LogP contribution in [0, 0.1) is 11.8 Å². The van der Waals surface area contributed by atoms with Gasteiger partial charge in [-0.25, -0.2) is 4.98 Å². The minimum atomic E-state index is -0.754. The van der Waals surface area contributed by atoms with Crippen LogP contribution in [0.5, 0.6) is 0 Å². The van der Waals surface area contributed by atoms with Gasteiger partial charge < -0.3 is 9.84 Å². The van der Waals surface area contributed by atoms with Gasteiger partial charge in [0.05, 0.1) is 5.69 Å². The molecule has 0 aliphatic heterocycles. The zero-order valence-electron chi connectivity index (χ0n) is 16.7. The highest BCUT2D eigenvalue weighted by Crippen LogP contribution is 2.44. The summed E-state index contributed by atoms with van der Waals surface area (Å²) in [4.78, 5) is 27.0. The van der Waals surface area contributed by atoms with E-state index in [9.17, 15) is 9.59 Å². The number of rotatable bonds is 11. The summed E-state index contributed by atoms with van der Waals surface area (Å²) in [5.41, 5.74) is 0.619. The molecule has 30 heavy (non-hydrogen) atoms. The van der Waals surface area contributed by atoms with Crippen molar-refractivity contribution in [3.8, 4) is 0 Å². The van der Waals surface area contributed by atoms with E-state index in [-0.39, 0.29) is 29.2 Å². The quantitative estimate of drug-likeness (QED) is 0.0915. The maximum atomic E-state index is 11.0. The molecule has 166 valence electrons. The third-order valence-corrected chi connectivity index (χ3v) is 8.13. The highest BCUT2D eigenvalue weighted by Gasteiger charge is 2.40. The lowest BCUT2D eigenvalue weighted by Gasteiger charge is -2.21. The Kier molecular flexibility index (Phi) is 11.0. The molecule has 1 aliphatic rings. The Morgan fingerprint density at radius 3 is 2.87 bits per heavy atom. The van der Waals surface area contributed by atoms with E-state index < -0.39 is 5.97 Å². The summed E-state index contributed by atoms with van der Waals surface area (Å²) in [6, 6.07) is 3.70. The molecule has 4 atom stereocenters. The number of allylic oxidation sites excluding steroid dienone is 2. The zero-order valence-corrected chi connectivity index (χ0v) is 20.6. The second kappa shape index (κ2) is 12.9. The SMILES string of the molecule is CC(=O)OCc1cc(SC[C@H]2C(Cl)C(Br)C[C@@H]2CC=CCCCC(=O)O)cc(Cl)n1. The number of carbonyl (C=O) groups is 2. The number of hydrogen-bond donors (Lipinski definition) is 1. The summed E-state index contributed by atoms with van der Waals surface area (Å²) >= 11 is 18.2. The molecule has 1 aliphatic carbocycles. The van der Waals surface area contributed by atoms with Crippen molar-refractivity contribution in [2.75, 3.05) is 5.75 Å². The minimum absolute atomic E-state index is 0.0423. The first-order chi connectivity index (χ1) is 14.3. The number of hydrogen-bond acceptors (Lipinski definition) is 5. The number of pyridine rings is 1. The number of unbranched alkanes of at least 4 members (excludes halogenated alkanes) is 1. The lowest BCUT2D eigenvalue weighted by atomic mass is 9.94. The second-order valence-electron chi connectivity index (χ2n) is 7.32. The number of alkyl halides is 2. The Hall–Kier alpha value is -0.760. The van der Waals surface area contributed by atoms with Crippen LogP contribution in [0.3, 0.4) is 0 Å². The Morgan fingerprint density at radius 1 is 1.40 bits per heavy atom. The highest BCUT2D eigenvalue weighted by atomic mass is 79.9. The highest BCUT2D eigenvalue weighted by molar-refractivity contribution is 9.09. The van der Waals surface area contributed by atoms with Crippen molar-refractivity contribution in [1.29, 1.82) is 0 Å². The minimum Gasteiger partial charge on any atom is -0.481 e. The van der Waals surface area contributed by atoms with E-state index in [4.69, 9.17) is 33.0 Å². The van der Waals surface area contributed by atoms with Gasteiger partial charge in [0.15, 0.2) is 0 Å². The topological polar surface area (TPSA) is 76.5 Å². The van der Waals surface area contributed by atoms with Crippen molar-refractivity contribution in [3.63, 3.8) is 0 Å². The van der Waals surface area contributed by atoms with Gasteiger partial charge in [0.2, 0.25) is 0 Å². The Balaban J connectivity index is 1.92. The van der Waals surface area contributed by atoms with Gasteiger partial charge >= 0.3 is 11.9 Å². The van der Waals surface area contributed by atoms with Gasteiger partial charge in [-0.3, -0.25) is 9.59 Å². The smallest absolute Gasteiger partial charge is 0.303 e. The van der Waals surface area contributed by atoms with E-state index in [0.29, 0.717) is 29.1 Å². The number of thioether (sulfide) groups is 1. The summed E-state index contributed by atoms with van der Waals surface area (Å²) in [5, 5.41) is 9.11. The van der Waals surface area contributed by atoms with Crippen molar-refractivity contribution in [2.24, 2.45) is 11.8 Å². The van der Waals surface area contributed by atoms with E-state index in [0.717, 1.165) is 29.9 Å². The predicted molar refractivity (Wildman–Crippen MR) is 125 cm³/mol. The van der Waals surface area contributed by atoms with Crippen LogP contribution in [0.15, 0.2) is 29.2 Å². The number of carboxylic acids is 1. The van der Waals surface area contributed by atoms with Gasteiger partial charge in [-0.2, -0.15) is 0 Å². The summed E-state index contributed by atoms with van der Waals surface area (Å²) in [5.74, 6) is 0.521. The summed E-state index contributed by atoms with van der Waals surface area (Å²) in [7, 11) is 0. The van der Waals surface area contributed by atoms with Crippen molar-refractivity contribution < 1.29 is 19.4 Å². The second-order valence-corrected chi connectivity index (χ2v) is 10.5. The van der Waals surface area contributed by atoms with Crippen molar-refractivity contribution >= 4 is 62.8 Å². The van der Waals surface area contributed by atoms with Crippen molar-refractivity contribution in [2.45, 2.75) is 60.7 Å². The lowest BCUT2D eigenvalue weighted by Crippen LogP contribution is -2.20. The molecule has 1 aromatic rings.